The van der Waals surface area contributed by atoms with Crippen molar-refractivity contribution in [3.05, 3.63) is 0 Å². The maximum atomic E-state index is 5.53. The highest BCUT2D eigenvalue weighted by Crippen LogP contribution is 2.40. The number of ether oxygens (including phenoxy) is 1. The number of nitrogens with zero attached hydrogens (tertiary/aromatic N) is 1. The molecular formula is C20H36N2O. The first-order valence-corrected chi connectivity index (χ1v) is 10.4. The molecule has 0 radical (unpaired) electrons. The molecule has 2 aliphatic heterocycles. The van der Waals surface area contributed by atoms with E-state index in [4.69, 9.17) is 4.74 Å². The molecule has 2 saturated carbocycles. The fourth-order valence-corrected chi connectivity index (χ4v) is 5.25. The molecule has 0 unspecified atom stereocenters. The largest absolute Gasteiger partial charge is 0.381 e. The summed E-state index contributed by atoms with van der Waals surface area (Å²) in [7, 11) is 0. The molecule has 132 valence electrons. The van der Waals surface area contributed by atoms with Crippen molar-refractivity contribution >= 4 is 0 Å². The van der Waals surface area contributed by atoms with Gasteiger partial charge in [0.1, 0.15) is 0 Å². The molecule has 1 N–H and O–H groups in total. The first-order valence-electron chi connectivity index (χ1n) is 10.4. The Labute approximate surface area is 142 Å². The van der Waals surface area contributed by atoms with E-state index in [0.717, 1.165) is 43.1 Å². The molecule has 0 bridgehead atoms. The van der Waals surface area contributed by atoms with Gasteiger partial charge < -0.3 is 15.0 Å². The molecule has 0 aromatic heterocycles. The van der Waals surface area contributed by atoms with Gasteiger partial charge in [0.25, 0.3) is 0 Å². The molecular weight excluding hydrogens is 284 g/mol. The number of nitrogens with one attached hydrogen (secondary N) is 1. The minimum atomic E-state index is 0.790. The van der Waals surface area contributed by atoms with Crippen LogP contribution in [-0.4, -0.2) is 49.8 Å². The van der Waals surface area contributed by atoms with Crippen LogP contribution in [0.2, 0.25) is 0 Å². The van der Waals surface area contributed by atoms with Gasteiger partial charge in [-0.3, -0.25) is 0 Å². The fraction of sp³-hybridized carbons (Fsp3) is 1.00. The van der Waals surface area contributed by atoms with Crippen LogP contribution >= 0.6 is 0 Å². The van der Waals surface area contributed by atoms with Crippen LogP contribution in [0.5, 0.6) is 0 Å². The number of hydrogen-bond donors (Lipinski definition) is 1. The summed E-state index contributed by atoms with van der Waals surface area (Å²) >= 11 is 0. The van der Waals surface area contributed by atoms with Crippen molar-refractivity contribution < 1.29 is 4.74 Å². The Hall–Kier alpha value is -0.120. The first-order chi connectivity index (χ1) is 11.4. The molecule has 2 saturated heterocycles. The van der Waals surface area contributed by atoms with Gasteiger partial charge in [-0.1, -0.05) is 19.3 Å². The third-order valence-corrected chi connectivity index (χ3v) is 6.84. The Bertz CT molecular complexity index is 351. The van der Waals surface area contributed by atoms with Gasteiger partial charge in [-0.05, 0) is 75.8 Å². The Balaban J connectivity index is 1.22. The molecule has 2 heterocycles. The molecule has 2 atom stereocenters. The second-order valence-corrected chi connectivity index (χ2v) is 8.73. The zero-order chi connectivity index (χ0) is 15.5. The lowest BCUT2D eigenvalue weighted by atomic mass is 9.81. The average molecular weight is 321 g/mol. The minimum absolute atomic E-state index is 0.790. The van der Waals surface area contributed by atoms with Crippen LogP contribution in [0.3, 0.4) is 0 Å². The molecule has 3 heteroatoms. The summed E-state index contributed by atoms with van der Waals surface area (Å²) in [5, 5.41) is 4.15. The van der Waals surface area contributed by atoms with Crippen molar-refractivity contribution in [1.29, 1.82) is 0 Å². The topological polar surface area (TPSA) is 24.5 Å². The lowest BCUT2D eigenvalue weighted by molar-refractivity contribution is 0.136. The smallest absolute Gasteiger partial charge is 0.0507 e. The predicted octanol–water partition coefficient (Wildman–Crippen LogP) is 3.44. The van der Waals surface area contributed by atoms with E-state index in [1.807, 2.05) is 0 Å². The molecule has 0 aromatic rings. The molecule has 23 heavy (non-hydrogen) atoms. The van der Waals surface area contributed by atoms with Crippen molar-refractivity contribution in [2.45, 2.75) is 76.3 Å². The van der Waals surface area contributed by atoms with Gasteiger partial charge >= 0.3 is 0 Å². The van der Waals surface area contributed by atoms with Crippen LogP contribution in [0, 0.1) is 17.8 Å². The molecule has 4 rings (SSSR count). The lowest BCUT2D eigenvalue weighted by Crippen LogP contribution is -2.50. The normalized spacial score (nSPS) is 33.1. The molecule has 0 aromatic carbocycles. The highest BCUT2D eigenvalue weighted by atomic mass is 16.5. The van der Waals surface area contributed by atoms with Crippen LogP contribution in [0.25, 0.3) is 0 Å². The summed E-state index contributed by atoms with van der Waals surface area (Å²) in [6.07, 6.45) is 14.4. The van der Waals surface area contributed by atoms with E-state index in [1.54, 1.807) is 0 Å². The lowest BCUT2D eigenvalue weighted by Gasteiger charge is -2.38. The van der Waals surface area contributed by atoms with Gasteiger partial charge in [0, 0.05) is 25.2 Å². The van der Waals surface area contributed by atoms with Gasteiger partial charge in [-0.25, -0.2) is 0 Å². The van der Waals surface area contributed by atoms with Gasteiger partial charge in [0.05, 0.1) is 6.61 Å². The van der Waals surface area contributed by atoms with E-state index in [0.29, 0.717) is 0 Å². The highest BCUT2D eigenvalue weighted by molar-refractivity contribution is 4.94. The third-order valence-electron chi connectivity index (χ3n) is 6.84. The zero-order valence-corrected chi connectivity index (χ0v) is 14.8. The number of rotatable bonds is 6. The van der Waals surface area contributed by atoms with Crippen LogP contribution < -0.4 is 5.32 Å². The van der Waals surface area contributed by atoms with Gasteiger partial charge in [0.2, 0.25) is 0 Å². The highest BCUT2D eigenvalue weighted by Gasteiger charge is 2.38. The SMILES string of the molecule is C1CCC([C@H](NC2CCN(C[C@H]3CCOC3)CC2)C2CC2)CC1. The number of piperidine rings is 1. The second-order valence-electron chi connectivity index (χ2n) is 8.73. The monoisotopic (exact) mass is 320 g/mol. The number of likely N-dealkylation sites (tertiary alicyclic amines) is 1. The minimum Gasteiger partial charge on any atom is -0.381 e. The van der Waals surface area contributed by atoms with E-state index in [2.05, 4.69) is 10.2 Å². The summed E-state index contributed by atoms with van der Waals surface area (Å²) in [5.41, 5.74) is 0. The predicted molar refractivity (Wildman–Crippen MR) is 94.6 cm³/mol. The van der Waals surface area contributed by atoms with Crippen molar-refractivity contribution in [2.24, 2.45) is 17.8 Å². The van der Waals surface area contributed by atoms with Gasteiger partial charge in [0.15, 0.2) is 0 Å². The number of hydrogen-bond acceptors (Lipinski definition) is 3. The van der Waals surface area contributed by atoms with Crippen LogP contribution in [0.1, 0.15) is 64.2 Å². The standard InChI is InChI=1S/C20H36N2O/c1-2-4-17(5-3-1)20(18-6-7-18)21-19-8-11-22(12-9-19)14-16-10-13-23-15-16/h16-21H,1-15H2/t16-,20+/m1/s1. The maximum Gasteiger partial charge on any atom is 0.0507 e. The van der Waals surface area contributed by atoms with Crippen molar-refractivity contribution in [2.75, 3.05) is 32.8 Å². The van der Waals surface area contributed by atoms with Crippen molar-refractivity contribution in [3.63, 3.8) is 0 Å². The zero-order valence-electron chi connectivity index (χ0n) is 14.8. The van der Waals surface area contributed by atoms with Gasteiger partial charge in [-0.15, -0.1) is 0 Å². The van der Waals surface area contributed by atoms with Crippen LogP contribution in [0.15, 0.2) is 0 Å². The summed E-state index contributed by atoms with van der Waals surface area (Å²) in [4.78, 5) is 2.70. The van der Waals surface area contributed by atoms with Crippen molar-refractivity contribution in [1.82, 2.24) is 10.2 Å². The van der Waals surface area contributed by atoms with Crippen LogP contribution in [-0.2, 0) is 4.74 Å². The third kappa shape index (κ3) is 4.49. The van der Waals surface area contributed by atoms with E-state index in [1.165, 1.54) is 83.8 Å². The summed E-state index contributed by atoms with van der Waals surface area (Å²) in [6.45, 7) is 5.88. The first kappa shape index (κ1) is 16.4. The van der Waals surface area contributed by atoms with E-state index >= 15 is 0 Å². The Morgan fingerprint density at radius 1 is 0.870 bits per heavy atom. The van der Waals surface area contributed by atoms with E-state index in [-0.39, 0.29) is 0 Å². The molecule has 2 aliphatic carbocycles. The van der Waals surface area contributed by atoms with Gasteiger partial charge in [-0.2, -0.15) is 0 Å². The molecule has 0 spiro atoms. The summed E-state index contributed by atoms with van der Waals surface area (Å²) in [5.74, 6) is 2.82. The van der Waals surface area contributed by atoms with Crippen LogP contribution in [0.4, 0.5) is 0 Å². The molecule has 3 nitrogen and oxygen atoms in total. The van der Waals surface area contributed by atoms with Crippen molar-refractivity contribution in [3.8, 4) is 0 Å². The second kappa shape index (κ2) is 7.84. The van der Waals surface area contributed by atoms with E-state index in [9.17, 15) is 0 Å². The Morgan fingerprint density at radius 2 is 1.61 bits per heavy atom. The molecule has 0 amide bonds. The summed E-state index contributed by atoms with van der Waals surface area (Å²) < 4.78 is 5.53. The molecule has 4 fully saturated rings. The van der Waals surface area contributed by atoms with E-state index < -0.39 is 0 Å². The quantitative estimate of drug-likeness (QED) is 0.811. The average Bonchev–Trinajstić information content (AvgIpc) is 3.32. The maximum absolute atomic E-state index is 5.53. The fourth-order valence-electron chi connectivity index (χ4n) is 5.25. The Morgan fingerprint density at radius 3 is 2.26 bits per heavy atom. The summed E-state index contributed by atoms with van der Waals surface area (Å²) in [6, 6.07) is 1.65. The molecule has 4 aliphatic rings. The Kier molecular flexibility index (Phi) is 5.58.